The molecule has 1 aromatic carbocycles. The quantitative estimate of drug-likeness (QED) is 0.769. The van der Waals surface area contributed by atoms with Gasteiger partial charge in [0.2, 0.25) is 0 Å². The maximum atomic E-state index is 12.1. The van der Waals surface area contributed by atoms with Gasteiger partial charge in [-0.2, -0.15) is 0 Å². The van der Waals surface area contributed by atoms with Crippen LogP contribution >= 0.6 is 0 Å². The molecule has 1 aromatic rings. The Hall–Kier alpha value is -1.47. The number of carbonyl (C=O) groups is 1. The van der Waals surface area contributed by atoms with Crippen LogP contribution in [0.3, 0.4) is 0 Å². The number of benzene rings is 1. The lowest BCUT2D eigenvalue weighted by Crippen LogP contribution is -2.45. The fourth-order valence-corrected chi connectivity index (χ4v) is 3.61. The highest BCUT2D eigenvalue weighted by molar-refractivity contribution is 5.89. The molecule has 2 fully saturated rings. The number of hydrogen-bond acceptors (Lipinski definition) is 6. The van der Waals surface area contributed by atoms with Gasteiger partial charge in [-0.25, -0.2) is 4.79 Å². The average Bonchev–Trinajstić information content (AvgIpc) is 3.03. The molecule has 2 saturated heterocycles. The minimum Gasteiger partial charge on any atom is -0.374 e. The Morgan fingerprint density at radius 1 is 1.21 bits per heavy atom. The third kappa shape index (κ3) is 3.78. The maximum Gasteiger partial charge on any atom is 0.357 e. The summed E-state index contributed by atoms with van der Waals surface area (Å²) in [6.45, 7) is 2.00. The Kier molecular flexibility index (Phi) is 5.50. The van der Waals surface area contributed by atoms with Gasteiger partial charge in [-0.05, 0) is 31.4 Å². The average molecular weight is 335 g/mol. The van der Waals surface area contributed by atoms with Crippen LogP contribution in [0.5, 0.6) is 0 Å². The summed E-state index contributed by atoms with van der Waals surface area (Å²) in [4.78, 5) is 17.6. The lowest BCUT2D eigenvalue weighted by Gasteiger charge is -2.37. The highest BCUT2D eigenvalue weighted by Crippen LogP contribution is 2.40. The van der Waals surface area contributed by atoms with Gasteiger partial charge in [0, 0.05) is 33.2 Å². The number of rotatable bonds is 5. The Bertz CT molecular complexity index is 538. The Balaban J connectivity index is 1.50. The first-order chi connectivity index (χ1) is 11.7. The summed E-state index contributed by atoms with van der Waals surface area (Å²) in [6.07, 6.45) is 2.37. The molecule has 1 spiro atoms. The van der Waals surface area contributed by atoms with E-state index in [0.717, 1.165) is 19.3 Å². The molecular formula is C18H25NO5. The van der Waals surface area contributed by atoms with E-state index < -0.39 is 0 Å². The van der Waals surface area contributed by atoms with Gasteiger partial charge in [-0.1, -0.05) is 18.2 Å². The fraction of sp³-hybridized carbons (Fsp3) is 0.611. The lowest BCUT2D eigenvalue weighted by molar-refractivity contribution is -0.156. The van der Waals surface area contributed by atoms with Crippen molar-refractivity contribution in [1.29, 1.82) is 0 Å². The number of ether oxygens (including phenoxy) is 3. The summed E-state index contributed by atoms with van der Waals surface area (Å²) >= 11 is 0. The first kappa shape index (κ1) is 17.4. The van der Waals surface area contributed by atoms with E-state index in [-0.39, 0.29) is 23.8 Å². The molecule has 0 bridgehead atoms. The third-order valence-corrected chi connectivity index (χ3v) is 4.94. The Morgan fingerprint density at radius 2 is 1.88 bits per heavy atom. The third-order valence-electron chi connectivity index (χ3n) is 4.94. The zero-order valence-corrected chi connectivity index (χ0v) is 14.3. The molecule has 0 amide bonds. The molecular weight excluding hydrogens is 310 g/mol. The van der Waals surface area contributed by atoms with Gasteiger partial charge in [-0.15, -0.1) is 5.06 Å². The van der Waals surface area contributed by atoms with Crippen LogP contribution in [0.15, 0.2) is 30.3 Å². The summed E-state index contributed by atoms with van der Waals surface area (Å²) in [6, 6.07) is 9.05. The number of nitrogens with zero attached hydrogens (tertiary/aromatic N) is 1. The normalized spacial score (nSPS) is 23.7. The topological polar surface area (TPSA) is 57.2 Å². The van der Waals surface area contributed by atoms with Crippen molar-refractivity contribution in [3.63, 3.8) is 0 Å². The number of hydroxylamine groups is 2. The van der Waals surface area contributed by atoms with Crippen LogP contribution in [0, 0.1) is 5.92 Å². The molecule has 6 nitrogen and oxygen atoms in total. The predicted molar refractivity (Wildman–Crippen MR) is 87.3 cm³/mol. The van der Waals surface area contributed by atoms with Gasteiger partial charge in [0.25, 0.3) is 0 Å². The summed E-state index contributed by atoms with van der Waals surface area (Å²) in [7, 11) is 3.32. The summed E-state index contributed by atoms with van der Waals surface area (Å²) < 4.78 is 16.8. The largest absolute Gasteiger partial charge is 0.374 e. The second kappa shape index (κ2) is 7.61. The van der Waals surface area contributed by atoms with Crippen LogP contribution in [0.4, 0.5) is 0 Å². The smallest absolute Gasteiger partial charge is 0.357 e. The van der Waals surface area contributed by atoms with Gasteiger partial charge in [-0.3, -0.25) is 0 Å². The van der Waals surface area contributed by atoms with Crippen molar-refractivity contribution in [3.05, 3.63) is 35.9 Å². The second-order valence-corrected chi connectivity index (χ2v) is 6.47. The monoisotopic (exact) mass is 335 g/mol. The fourth-order valence-electron chi connectivity index (χ4n) is 3.61. The van der Waals surface area contributed by atoms with Crippen LogP contribution in [-0.4, -0.2) is 56.8 Å². The molecule has 0 N–H and O–H groups in total. The molecule has 0 radical (unpaired) electrons. The molecule has 0 saturated carbocycles. The van der Waals surface area contributed by atoms with Crippen LogP contribution in [0.1, 0.15) is 29.6 Å². The molecule has 3 rings (SSSR count). The van der Waals surface area contributed by atoms with E-state index in [9.17, 15) is 4.79 Å². The standard InChI is InChI=1S/C18H25NO5/c1-21-17(22-2)15-12-18(23-13-15)8-10-19(11-9-18)24-16(20)14-6-4-3-5-7-14/h3-7,15,17H,8-13H2,1-2H3. The molecule has 1 unspecified atom stereocenters. The number of carbonyl (C=O) groups excluding carboxylic acids is 1. The van der Waals surface area contributed by atoms with E-state index in [0.29, 0.717) is 25.3 Å². The van der Waals surface area contributed by atoms with E-state index in [2.05, 4.69) is 0 Å². The minimum atomic E-state index is -0.310. The van der Waals surface area contributed by atoms with Crippen LogP contribution in [-0.2, 0) is 19.0 Å². The van der Waals surface area contributed by atoms with Gasteiger partial charge < -0.3 is 19.0 Å². The van der Waals surface area contributed by atoms with E-state index in [1.54, 1.807) is 31.4 Å². The molecule has 6 heteroatoms. The number of hydrogen-bond donors (Lipinski definition) is 0. The van der Waals surface area contributed by atoms with E-state index in [1.807, 2.05) is 18.2 Å². The zero-order valence-electron chi connectivity index (χ0n) is 14.3. The zero-order chi connectivity index (χ0) is 17.0. The van der Waals surface area contributed by atoms with Crippen molar-refractivity contribution in [2.24, 2.45) is 5.92 Å². The first-order valence-corrected chi connectivity index (χ1v) is 8.38. The van der Waals surface area contributed by atoms with Crippen LogP contribution in [0.2, 0.25) is 0 Å². The molecule has 1 atom stereocenters. The second-order valence-electron chi connectivity index (χ2n) is 6.47. The lowest BCUT2D eigenvalue weighted by atomic mass is 9.86. The van der Waals surface area contributed by atoms with Crippen molar-refractivity contribution < 1.29 is 23.8 Å². The molecule has 0 aliphatic carbocycles. The van der Waals surface area contributed by atoms with E-state index in [4.69, 9.17) is 19.0 Å². The first-order valence-electron chi connectivity index (χ1n) is 8.38. The Labute approximate surface area is 142 Å². The maximum absolute atomic E-state index is 12.1. The summed E-state index contributed by atoms with van der Waals surface area (Å²) in [5.74, 6) is -0.0611. The molecule has 2 heterocycles. The highest BCUT2D eigenvalue weighted by Gasteiger charge is 2.45. The van der Waals surface area contributed by atoms with Gasteiger partial charge >= 0.3 is 5.97 Å². The number of piperidine rings is 1. The van der Waals surface area contributed by atoms with Crippen molar-refractivity contribution in [2.75, 3.05) is 33.9 Å². The summed E-state index contributed by atoms with van der Waals surface area (Å²) in [5, 5.41) is 1.74. The molecule has 2 aliphatic heterocycles. The van der Waals surface area contributed by atoms with Gasteiger partial charge in [0.15, 0.2) is 6.29 Å². The van der Waals surface area contributed by atoms with Crippen molar-refractivity contribution >= 4 is 5.97 Å². The molecule has 132 valence electrons. The van der Waals surface area contributed by atoms with E-state index in [1.165, 1.54) is 0 Å². The molecule has 0 aromatic heterocycles. The minimum absolute atomic E-state index is 0.143. The number of methoxy groups -OCH3 is 2. The van der Waals surface area contributed by atoms with Crippen LogP contribution in [0.25, 0.3) is 0 Å². The van der Waals surface area contributed by atoms with Gasteiger partial charge in [0.05, 0.1) is 17.8 Å². The van der Waals surface area contributed by atoms with Gasteiger partial charge in [0.1, 0.15) is 0 Å². The van der Waals surface area contributed by atoms with E-state index >= 15 is 0 Å². The van der Waals surface area contributed by atoms with Crippen molar-refractivity contribution in [3.8, 4) is 0 Å². The molecule has 24 heavy (non-hydrogen) atoms. The Morgan fingerprint density at radius 3 is 2.50 bits per heavy atom. The van der Waals surface area contributed by atoms with Crippen molar-refractivity contribution in [2.45, 2.75) is 31.2 Å². The summed E-state index contributed by atoms with van der Waals surface area (Å²) in [5.41, 5.74) is 0.424. The van der Waals surface area contributed by atoms with Crippen LogP contribution < -0.4 is 0 Å². The van der Waals surface area contributed by atoms with Crippen molar-refractivity contribution in [1.82, 2.24) is 5.06 Å². The SMILES string of the molecule is COC(OC)C1COC2(CCN(OC(=O)c3ccccc3)CC2)C1. The molecule has 2 aliphatic rings. The highest BCUT2D eigenvalue weighted by atomic mass is 16.7. The predicted octanol–water partition coefficient (Wildman–Crippen LogP) is 2.25.